The van der Waals surface area contributed by atoms with Crippen LogP contribution in [0.3, 0.4) is 0 Å². The molecule has 2 aromatic rings. The molecule has 0 unspecified atom stereocenters. The smallest absolute Gasteiger partial charge is 0.216 e. The van der Waals surface area contributed by atoms with Crippen molar-refractivity contribution in [3.05, 3.63) is 57.1 Å². The van der Waals surface area contributed by atoms with Gasteiger partial charge in [-0.3, -0.25) is 0 Å². The van der Waals surface area contributed by atoms with E-state index < -0.39 is 9.84 Å². The van der Waals surface area contributed by atoms with Gasteiger partial charge in [0.2, 0.25) is 9.84 Å². The second-order valence-corrected chi connectivity index (χ2v) is 6.69. The molecule has 0 atom stereocenters. The second-order valence-electron chi connectivity index (χ2n) is 3.99. The first-order valence-electron chi connectivity index (χ1n) is 5.50. The first-order chi connectivity index (χ1) is 9.04. The maximum atomic E-state index is 12.3. The molecule has 0 radical (unpaired) electrons. The molecule has 0 saturated heterocycles. The number of hydrogen-bond acceptors (Lipinski definition) is 4. The summed E-state index contributed by atoms with van der Waals surface area (Å²) in [7, 11) is -3.74. The second kappa shape index (κ2) is 5.39. The molecule has 0 aliphatic rings. The first-order valence-corrected chi connectivity index (χ1v) is 7.92. The van der Waals surface area contributed by atoms with Crippen LogP contribution in [0.5, 0.6) is 0 Å². The molecular formula is C14H11NO2S2. The van der Waals surface area contributed by atoms with Crippen molar-refractivity contribution in [2.24, 2.45) is 0 Å². The third kappa shape index (κ3) is 2.92. The first kappa shape index (κ1) is 13.5. The van der Waals surface area contributed by atoms with E-state index in [0.717, 1.165) is 11.1 Å². The highest BCUT2D eigenvalue weighted by atomic mass is 32.2. The number of hydrogen-bond donors (Lipinski definition) is 0. The zero-order chi connectivity index (χ0) is 13.9. The largest absolute Gasteiger partial charge is 0.218 e. The Morgan fingerprint density at radius 2 is 1.95 bits per heavy atom. The fourth-order valence-electron chi connectivity index (χ4n) is 1.52. The third-order valence-corrected chi connectivity index (χ3v) is 4.95. The summed E-state index contributed by atoms with van der Waals surface area (Å²) in [5.74, 6) is 0. The lowest BCUT2D eigenvalue weighted by Crippen LogP contribution is -2.03. The molecule has 0 N–H and O–H groups in total. The van der Waals surface area contributed by atoms with Gasteiger partial charge in [0.05, 0.1) is 4.90 Å². The summed E-state index contributed by atoms with van der Waals surface area (Å²) >= 11 is 1.45. The summed E-state index contributed by atoms with van der Waals surface area (Å²) in [6, 6.07) is 10.0. The fourth-order valence-corrected chi connectivity index (χ4v) is 3.30. The maximum absolute atomic E-state index is 12.3. The van der Waals surface area contributed by atoms with Crippen LogP contribution >= 0.6 is 11.3 Å². The van der Waals surface area contributed by atoms with E-state index >= 15 is 0 Å². The quantitative estimate of drug-likeness (QED) is 0.814. The van der Waals surface area contributed by atoms with Gasteiger partial charge in [-0.05, 0) is 47.5 Å². The molecule has 0 aliphatic heterocycles. The Labute approximate surface area is 116 Å². The van der Waals surface area contributed by atoms with E-state index in [1.807, 2.05) is 12.3 Å². The molecule has 0 fully saturated rings. The number of sulfone groups is 1. The number of aryl methyl sites for hydroxylation is 1. The Bertz CT molecular complexity index is 734. The van der Waals surface area contributed by atoms with Gasteiger partial charge in [0, 0.05) is 0 Å². The van der Waals surface area contributed by atoms with Crippen LogP contribution in [0.1, 0.15) is 11.1 Å². The van der Waals surface area contributed by atoms with E-state index in [1.54, 1.807) is 29.6 Å². The highest BCUT2D eigenvalue weighted by Gasteiger charge is 2.20. The Morgan fingerprint density at radius 1 is 1.26 bits per heavy atom. The lowest BCUT2D eigenvalue weighted by molar-refractivity contribution is 0.603. The van der Waals surface area contributed by atoms with Crippen molar-refractivity contribution in [1.29, 1.82) is 5.26 Å². The fraction of sp³-hybridized carbons (Fsp3) is 0.0714. The summed E-state index contributed by atoms with van der Waals surface area (Å²) < 4.78 is 24.6. The minimum absolute atomic E-state index is 0.140. The van der Waals surface area contributed by atoms with Gasteiger partial charge in [-0.1, -0.05) is 17.7 Å². The average Bonchev–Trinajstić information content (AvgIpc) is 2.89. The molecule has 0 aliphatic carbocycles. The van der Waals surface area contributed by atoms with E-state index in [2.05, 4.69) is 0 Å². The molecule has 1 aromatic heterocycles. The van der Waals surface area contributed by atoms with Crippen LogP contribution in [0.15, 0.2) is 50.9 Å². The van der Waals surface area contributed by atoms with Crippen molar-refractivity contribution in [1.82, 2.24) is 0 Å². The lowest BCUT2D eigenvalue weighted by atomic mass is 10.2. The highest BCUT2D eigenvalue weighted by molar-refractivity contribution is 7.95. The van der Waals surface area contributed by atoms with Gasteiger partial charge < -0.3 is 0 Å². The number of nitrogens with zero attached hydrogens (tertiary/aromatic N) is 1. The van der Waals surface area contributed by atoms with Crippen molar-refractivity contribution in [2.45, 2.75) is 11.8 Å². The molecule has 0 saturated carbocycles. The monoisotopic (exact) mass is 289 g/mol. The van der Waals surface area contributed by atoms with E-state index in [0.29, 0.717) is 0 Å². The van der Waals surface area contributed by atoms with E-state index in [1.165, 1.54) is 29.5 Å². The highest BCUT2D eigenvalue weighted by Crippen LogP contribution is 2.22. The molecule has 96 valence electrons. The van der Waals surface area contributed by atoms with Crippen molar-refractivity contribution in [3.8, 4) is 6.07 Å². The van der Waals surface area contributed by atoms with Gasteiger partial charge in [0.1, 0.15) is 11.0 Å². The third-order valence-electron chi connectivity index (χ3n) is 2.57. The molecule has 5 heteroatoms. The van der Waals surface area contributed by atoms with E-state index in [4.69, 9.17) is 5.26 Å². The number of nitriles is 1. The molecule has 3 nitrogen and oxygen atoms in total. The minimum Gasteiger partial charge on any atom is -0.218 e. The van der Waals surface area contributed by atoms with Crippen LogP contribution in [-0.2, 0) is 9.84 Å². The lowest BCUT2D eigenvalue weighted by Gasteiger charge is -2.03. The van der Waals surface area contributed by atoms with E-state index in [-0.39, 0.29) is 9.80 Å². The Kier molecular flexibility index (Phi) is 3.84. The van der Waals surface area contributed by atoms with E-state index in [9.17, 15) is 8.42 Å². The van der Waals surface area contributed by atoms with Crippen molar-refractivity contribution >= 4 is 27.3 Å². The van der Waals surface area contributed by atoms with Crippen LogP contribution < -0.4 is 0 Å². The summed E-state index contributed by atoms with van der Waals surface area (Å²) in [6.07, 6.45) is 1.39. The van der Waals surface area contributed by atoms with Crippen molar-refractivity contribution in [2.75, 3.05) is 0 Å². The van der Waals surface area contributed by atoms with Crippen LogP contribution in [0, 0.1) is 18.3 Å². The van der Waals surface area contributed by atoms with Crippen LogP contribution in [0.2, 0.25) is 0 Å². The summed E-state index contributed by atoms with van der Waals surface area (Å²) in [5, 5.41) is 12.7. The van der Waals surface area contributed by atoms with Gasteiger partial charge in [0.25, 0.3) is 0 Å². The van der Waals surface area contributed by atoms with Crippen LogP contribution in [0.25, 0.3) is 6.08 Å². The normalized spacial score (nSPS) is 12.1. The van der Waals surface area contributed by atoms with Crippen molar-refractivity contribution < 1.29 is 8.42 Å². The number of thiophene rings is 1. The van der Waals surface area contributed by atoms with Gasteiger partial charge in [0.15, 0.2) is 0 Å². The zero-order valence-corrected chi connectivity index (χ0v) is 11.8. The predicted molar refractivity (Wildman–Crippen MR) is 76.3 cm³/mol. The summed E-state index contributed by atoms with van der Waals surface area (Å²) in [6.45, 7) is 1.88. The SMILES string of the molecule is Cc1ccc(S(=O)(=O)/C(C#N)=C\c2ccsc2)cc1. The van der Waals surface area contributed by atoms with Gasteiger partial charge in [-0.2, -0.15) is 16.6 Å². The minimum atomic E-state index is -3.74. The Morgan fingerprint density at radius 3 is 2.47 bits per heavy atom. The predicted octanol–water partition coefficient (Wildman–Crippen LogP) is 3.39. The average molecular weight is 289 g/mol. The molecule has 1 heterocycles. The summed E-state index contributed by atoms with van der Waals surface area (Å²) in [4.78, 5) is -0.101. The van der Waals surface area contributed by atoms with Gasteiger partial charge in [-0.25, -0.2) is 8.42 Å². The van der Waals surface area contributed by atoms with Gasteiger partial charge >= 0.3 is 0 Å². The molecule has 0 spiro atoms. The molecule has 1 aromatic carbocycles. The molecule has 19 heavy (non-hydrogen) atoms. The zero-order valence-electron chi connectivity index (χ0n) is 10.2. The van der Waals surface area contributed by atoms with Crippen LogP contribution in [-0.4, -0.2) is 8.42 Å². The summed E-state index contributed by atoms with van der Waals surface area (Å²) in [5.41, 5.74) is 1.69. The molecule has 2 rings (SSSR count). The molecular weight excluding hydrogens is 278 g/mol. The molecule has 0 bridgehead atoms. The number of allylic oxidation sites excluding steroid dienone is 1. The van der Waals surface area contributed by atoms with Crippen LogP contribution in [0.4, 0.5) is 0 Å². The number of rotatable bonds is 3. The standard InChI is InChI=1S/C14H11NO2S2/c1-11-2-4-13(5-3-11)19(16,17)14(9-15)8-12-6-7-18-10-12/h2-8,10H,1H3/b14-8-. The molecule has 0 amide bonds. The number of benzene rings is 1. The Balaban J connectivity index is 2.49. The Hall–Kier alpha value is -1.90. The van der Waals surface area contributed by atoms with Crippen molar-refractivity contribution in [3.63, 3.8) is 0 Å². The maximum Gasteiger partial charge on any atom is 0.216 e. The topological polar surface area (TPSA) is 57.9 Å². The van der Waals surface area contributed by atoms with Gasteiger partial charge in [-0.15, -0.1) is 0 Å².